The number of aliphatic carboxylic acids is 1. The molecule has 0 unspecified atom stereocenters. The Balaban J connectivity index is 0.000000323. The number of amides is 2. The zero-order valence-electron chi connectivity index (χ0n) is 24.0. The number of hydrogen-bond acceptors (Lipinski definition) is 7. The maximum atomic E-state index is 12.5. The van der Waals surface area contributed by atoms with Crippen LogP contribution in [-0.2, 0) is 20.7 Å². The van der Waals surface area contributed by atoms with Crippen LogP contribution in [0.5, 0.6) is 0 Å². The molecule has 2 saturated carbocycles. The average Bonchev–Trinajstić information content (AvgIpc) is 3.31. The van der Waals surface area contributed by atoms with E-state index >= 15 is 0 Å². The van der Waals surface area contributed by atoms with E-state index in [9.17, 15) is 19.5 Å². The number of carboxylic acids is 1. The van der Waals surface area contributed by atoms with Crippen molar-refractivity contribution in [3.63, 3.8) is 0 Å². The summed E-state index contributed by atoms with van der Waals surface area (Å²) in [5, 5.41) is 13.4. The number of nitrogens with zero attached hydrogens (tertiary/aromatic N) is 2. The summed E-state index contributed by atoms with van der Waals surface area (Å²) in [7, 11) is 0. The Kier molecular flexibility index (Phi) is 12.1. The lowest BCUT2D eigenvalue weighted by atomic mass is 9.91. The first-order valence-corrected chi connectivity index (χ1v) is 14.0. The van der Waals surface area contributed by atoms with Gasteiger partial charge in [0.15, 0.2) is 0 Å². The summed E-state index contributed by atoms with van der Waals surface area (Å²) in [6, 6.07) is 0.224. The molecule has 1 heterocycles. The van der Waals surface area contributed by atoms with Gasteiger partial charge in [-0.2, -0.15) is 4.90 Å². The van der Waals surface area contributed by atoms with Crippen LogP contribution in [0.1, 0.15) is 111 Å². The van der Waals surface area contributed by atoms with Crippen LogP contribution in [-0.4, -0.2) is 67.5 Å². The number of aromatic nitrogens is 2. The van der Waals surface area contributed by atoms with Crippen LogP contribution >= 0.6 is 0 Å². The Hall–Kier alpha value is -2.62. The van der Waals surface area contributed by atoms with Crippen LogP contribution in [0.15, 0.2) is 12.5 Å². The third-order valence-electron chi connectivity index (χ3n) is 6.42. The van der Waals surface area contributed by atoms with E-state index in [0.29, 0.717) is 10.6 Å². The van der Waals surface area contributed by atoms with Gasteiger partial charge < -0.3 is 24.9 Å². The molecular weight excluding hydrogens is 488 g/mol. The van der Waals surface area contributed by atoms with Crippen molar-refractivity contribution < 1.29 is 29.0 Å². The SMILES string of the molecule is C1CCC(NC2CCCCC2)CC1.CC(C)(C)OC(=O)N(C(=O)OC(C)(C)C)[C@@H](Cc1c[nH]cn1)C(=O)O. The summed E-state index contributed by atoms with van der Waals surface area (Å²) in [5.74, 6) is -1.38. The lowest BCUT2D eigenvalue weighted by Gasteiger charge is -2.31. The fraction of sp³-hybridized carbons (Fsp3) is 0.786. The van der Waals surface area contributed by atoms with Gasteiger partial charge in [0, 0.05) is 24.7 Å². The van der Waals surface area contributed by atoms with E-state index in [1.807, 2.05) is 0 Å². The van der Waals surface area contributed by atoms with Gasteiger partial charge in [-0.1, -0.05) is 38.5 Å². The highest BCUT2D eigenvalue weighted by Gasteiger charge is 2.40. The van der Waals surface area contributed by atoms with Crippen LogP contribution in [0.25, 0.3) is 0 Å². The van der Waals surface area contributed by atoms with Crippen LogP contribution in [0, 0.1) is 0 Å². The minimum absolute atomic E-state index is 0.183. The van der Waals surface area contributed by atoms with Gasteiger partial charge in [0.05, 0.1) is 12.0 Å². The number of imidazole rings is 1. The number of carbonyl (C=O) groups is 3. The highest BCUT2D eigenvalue weighted by molar-refractivity contribution is 5.93. The minimum atomic E-state index is -1.52. The van der Waals surface area contributed by atoms with E-state index in [0.717, 1.165) is 12.1 Å². The molecule has 10 nitrogen and oxygen atoms in total. The van der Waals surface area contributed by atoms with Crippen LogP contribution in [0.3, 0.4) is 0 Å². The van der Waals surface area contributed by atoms with Crippen molar-refractivity contribution in [1.29, 1.82) is 0 Å². The molecule has 3 rings (SSSR count). The molecule has 2 aliphatic rings. The fourth-order valence-electron chi connectivity index (χ4n) is 4.71. The normalized spacial score (nSPS) is 18.1. The molecule has 10 heteroatoms. The van der Waals surface area contributed by atoms with E-state index in [4.69, 9.17) is 9.47 Å². The number of rotatable bonds is 6. The maximum Gasteiger partial charge on any atom is 0.420 e. The number of carbonyl (C=O) groups excluding carboxylic acids is 2. The zero-order chi connectivity index (χ0) is 28.3. The predicted octanol–water partition coefficient (Wildman–Crippen LogP) is 5.82. The summed E-state index contributed by atoms with van der Waals surface area (Å²) in [4.78, 5) is 43.8. The Morgan fingerprint density at radius 3 is 1.71 bits per heavy atom. The molecule has 1 aromatic rings. The van der Waals surface area contributed by atoms with E-state index in [1.54, 1.807) is 41.5 Å². The Bertz CT molecular complexity index is 819. The van der Waals surface area contributed by atoms with Gasteiger partial charge in [-0.15, -0.1) is 0 Å². The van der Waals surface area contributed by atoms with Gasteiger partial charge in [0.25, 0.3) is 0 Å². The van der Waals surface area contributed by atoms with E-state index < -0.39 is 35.4 Å². The predicted molar refractivity (Wildman–Crippen MR) is 145 cm³/mol. The van der Waals surface area contributed by atoms with E-state index in [-0.39, 0.29) is 6.42 Å². The smallest absolute Gasteiger partial charge is 0.420 e. The van der Waals surface area contributed by atoms with Gasteiger partial charge in [-0.3, -0.25) is 0 Å². The Labute approximate surface area is 227 Å². The van der Waals surface area contributed by atoms with Crippen LogP contribution in [0.4, 0.5) is 9.59 Å². The topological polar surface area (TPSA) is 134 Å². The molecule has 1 aromatic heterocycles. The lowest BCUT2D eigenvalue weighted by Crippen LogP contribution is -2.52. The van der Waals surface area contributed by atoms with Gasteiger partial charge in [-0.05, 0) is 67.2 Å². The van der Waals surface area contributed by atoms with E-state index in [2.05, 4.69) is 15.3 Å². The number of carboxylic acid groups (broad SMARTS) is 1. The van der Waals surface area contributed by atoms with Gasteiger partial charge in [-0.25, -0.2) is 19.4 Å². The van der Waals surface area contributed by atoms with Crippen molar-refractivity contribution in [3.8, 4) is 0 Å². The second-order valence-corrected chi connectivity index (χ2v) is 12.3. The molecule has 38 heavy (non-hydrogen) atoms. The fourth-order valence-corrected chi connectivity index (χ4v) is 4.71. The quantitative estimate of drug-likeness (QED) is 0.414. The first-order chi connectivity index (χ1) is 17.7. The maximum absolute atomic E-state index is 12.5. The molecule has 0 saturated heterocycles. The highest BCUT2D eigenvalue weighted by Crippen LogP contribution is 2.23. The monoisotopic (exact) mass is 536 g/mol. The molecule has 1 atom stereocenters. The summed E-state index contributed by atoms with van der Waals surface area (Å²) in [5.41, 5.74) is -1.44. The standard InChI is InChI=1S/C16H25N3O6.C12H23N/c1-15(2,3)24-13(22)19(14(23)25-16(4,5)6)11(12(20)21)7-10-8-17-9-18-10;1-3-7-11(8-4-1)13-12-9-5-2-6-10-12/h8-9,11H,7H2,1-6H3,(H,17,18)(H,20,21);11-13H,1-10H2/t11-;/m0./s1. The molecule has 0 bridgehead atoms. The molecule has 0 radical (unpaired) electrons. The largest absolute Gasteiger partial charge is 0.480 e. The third-order valence-corrected chi connectivity index (χ3v) is 6.42. The van der Waals surface area contributed by atoms with Crippen molar-refractivity contribution >= 4 is 18.2 Å². The second-order valence-electron chi connectivity index (χ2n) is 12.3. The number of ether oxygens (including phenoxy) is 2. The molecule has 0 spiro atoms. The number of nitrogens with one attached hydrogen (secondary N) is 2. The highest BCUT2D eigenvalue weighted by atomic mass is 16.6. The second kappa shape index (κ2) is 14.5. The van der Waals surface area contributed by atoms with Gasteiger partial charge in [0.2, 0.25) is 0 Å². The third kappa shape index (κ3) is 11.8. The molecule has 2 fully saturated rings. The first-order valence-electron chi connectivity index (χ1n) is 14.0. The summed E-state index contributed by atoms with van der Waals surface area (Å²) < 4.78 is 10.4. The Morgan fingerprint density at radius 2 is 1.37 bits per heavy atom. The van der Waals surface area contributed by atoms with Crippen molar-refractivity contribution in [3.05, 3.63) is 18.2 Å². The van der Waals surface area contributed by atoms with Gasteiger partial charge in [0.1, 0.15) is 17.2 Å². The molecule has 2 aliphatic carbocycles. The zero-order valence-corrected chi connectivity index (χ0v) is 24.0. The van der Waals surface area contributed by atoms with Crippen molar-refractivity contribution in [2.75, 3.05) is 0 Å². The Morgan fingerprint density at radius 1 is 0.921 bits per heavy atom. The number of aromatic amines is 1. The van der Waals surface area contributed by atoms with Crippen molar-refractivity contribution in [2.45, 2.75) is 141 Å². The van der Waals surface area contributed by atoms with E-state index in [1.165, 1.54) is 76.7 Å². The lowest BCUT2D eigenvalue weighted by molar-refractivity contribution is -0.143. The first kappa shape index (κ1) is 31.6. The summed E-state index contributed by atoms with van der Waals surface area (Å²) in [6.45, 7) is 9.68. The molecule has 0 aromatic carbocycles. The number of imide groups is 1. The van der Waals surface area contributed by atoms with Crippen molar-refractivity contribution in [2.24, 2.45) is 0 Å². The summed E-state index contributed by atoms with van der Waals surface area (Å²) in [6.07, 6.45) is 15.1. The van der Waals surface area contributed by atoms with Crippen LogP contribution in [0.2, 0.25) is 0 Å². The number of hydrogen-bond donors (Lipinski definition) is 3. The molecular formula is C28H48N4O6. The molecule has 3 N–H and O–H groups in total. The van der Waals surface area contributed by atoms with Crippen molar-refractivity contribution in [1.82, 2.24) is 20.2 Å². The minimum Gasteiger partial charge on any atom is -0.480 e. The molecule has 2 amide bonds. The number of H-pyrrole nitrogens is 1. The summed E-state index contributed by atoms with van der Waals surface area (Å²) >= 11 is 0. The molecule has 216 valence electrons. The van der Waals surface area contributed by atoms with Gasteiger partial charge >= 0.3 is 18.2 Å². The van der Waals surface area contributed by atoms with Crippen LogP contribution < -0.4 is 5.32 Å². The average molecular weight is 537 g/mol. The molecule has 0 aliphatic heterocycles.